The lowest BCUT2D eigenvalue weighted by atomic mass is 10.0. The Morgan fingerprint density at radius 1 is 1.26 bits per heavy atom. The van der Waals surface area contributed by atoms with Gasteiger partial charge in [0.05, 0.1) is 6.10 Å². The predicted molar refractivity (Wildman–Crippen MR) is 86.6 cm³/mol. The molecule has 0 bridgehead atoms. The van der Waals surface area contributed by atoms with Gasteiger partial charge in [0, 0.05) is 23.7 Å². The molecule has 5 heteroatoms. The van der Waals surface area contributed by atoms with Crippen LogP contribution in [0, 0.1) is 5.82 Å². The average Bonchev–Trinajstić information content (AvgIpc) is 2.53. The zero-order valence-corrected chi connectivity index (χ0v) is 13.2. The fraction of sp³-hybridized carbons (Fsp3) is 0.333. The quantitative estimate of drug-likeness (QED) is 0.939. The van der Waals surface area contributed by atoms with Crippen molar-refractivity contribution in [3.63, 3.8) is 0 Å². The van der Waals surface area contributed by atoms with E-state index in [9.17, 15) is 4.39 Å². The van der Waals surface area contributed by atoms with E-state index in [1.807, 2.05) is 32.0 Å². The largest absolute Gasteiger partial charge is 0.490 e. The Kier molecular flexibility index (Phi) is 4.39. The first-order valence-electron chi connectivity index (χ1n) is 7.67. The highest BCUT2D eigenvalue weighted by Gasteiger charge is 2.24. The standard InChI is InChI=1S/C18H20FNO3/c1-11(2)22-17-8-12(19)6-7-14(17)15-4-3-5-16-18(15)23-13(9-20)10-21-16/h3-8,11,13H,9-10,20H2,1-2H3/t13-/m0/s1. The summed E-state index contributed by atoms with van der Waals surface area (Å²) in [4.78, 5) is 0. The normalized spacial score (nSPS) is 16.5. The van der Waals surface area contributed by atoms with Gasteiger partial charge in [0.15, 0.2) is 11.5 Å². The van der Waals surface area contributed by atoms with Crippen LogP contribution in [0.1, 0.15) is 13.8 Å². The number of para-hydroxylation sites is 1. The lowest BCUT2D eigenvalue weighted by molar-refractivity contribution is 0.0976. The molecule has 0 spiro atoms. The van der Waals surface area contributed by atoms with E-state index in [0.29, 0.717) is 30.4 Å². The highest BCUT2D eigenvalue weighted by Crippen LogP contribution is 2.44. The maximum absolute atomic E-state index is 13.6. The molecular weight excluding hydrogens is 297 g/mol. The third-order valence-corrected chi connectivity index (χ3v) is 3.55. The van der Waals surface area contributed by atoms with E-state index in [4.69, 9.17) is 19.9 Å². The monoisotopic (exact) mass is 317 g/mol. The van der Waals surface area contributed by atoms with Crippen LogP contribution < -0.4 is 19.9 Å². The highest BCUT2D eigenvalue weighted by molar-refractivity contribution is 5.78. The molecule has 0 amide bonds. The summed E-state index contributed by atoms with van der Waals surface area (Å²) in [7, 11) is 0. The summed E-state index contributed by atoms with van der Waals surface area (Å²) >= 11 is 0. The van der Waals surface area contributed by atoms with E-state index in [0.717, 1.165) is 11.1 Å². The van der Waals surface area contributed by atoms with Crippen LogP contribution in [-0.2, 0) is 0 Å². The molecule has 122 valence electrons. The Bertz CT molecular complexity index is 703. The molecule has 1 aliphatic rings. The number of ether oxygens (including phenoxy) is 3. The lowest BCUT2D eigenvalue weighted by Gasteiger charge is -2.28. The van der Waals surface area contributed by atoms with Gasteiger partial charge >= 0.3 is 0 Å². The molecular formula is C18H20FNO3. The van der Waals surface area contributed by atoms with Crippen molar-refractivity contribution in [3.05, 3.63) is 42.2 Å². The van der Waals surface area contributed by atoms with Crippen molar-refractivity contribution in [1.29, 1.82) is 0 Å². The number of halogens is 1. The minimum absolute atomic E-state index is 0.0657. The second-order valence-corrected chi connectivity index (χ2v) is 5.73. The second-order valence-electron chi connectivity index (χ2n) is 5.73. The molecule has 2 aromatic rings. The Morgan fingerprint density at radius 2 is 2.09 bits per heavy atom. The second kappa shape index (κ2) is 6.46. The summed E-state index contributed by atoms with van der Waals surface area (Å²) in [5, 5.41) is 0. The molecule has 2 aromatic carbocycles. The lowest BCUT2D eigenvalue weighted by Crippen LogP contribution is -2.35. The zero-order chi connectivity index (χ0) is 16.4. The Balaban J connectivity index is 2.09. The van der Waals surface area contributed by atoms with E-state index in [1.165, 1.54) is 12.1 Å². The van der Waals surface area contributed by atoms with Crippen molar-refractivity contribution in [2.45, 2.75) is 26.1 Å². The maximum atomic E-state index is 13.6. The van der Waals surface area contributed by atoms with Crippen molar-refractivity contribution < 1.29 is 18.6 Å². The van der Waals surface area contributed by atoms with Crippen LogP contribution in [-0.4, -0.2) is 25.4 Å². The van der Waals surface area contributed by atoms with E-state index in [2.05, 4.69) is 0 Å². The van der Waals surface area contributed by atoms with Crippen molar-refractivity contribution in [2.24, 2.45) is 5.73 Å². The third-order valence-electron chi connectivity index (χ3n) is 3.55. The molecule has 3 rings (SSSR count). The van der Waals surface area contributed by atoms with Crippen LogP contribution in [0.25, 0.3) is 11.1 Å². The number of hydrogen-bond donors (Lipinski definition) is 1. The Hall–Kier alpha value is -2.27. The summed E-state index contributed by atoms with van der Waals surface area (Å²) in [6, 6.07) is 10.1. The van der Waals surface area contributed by atoms with Crippen LogP contribution in [0.4, 0.5) is 4.39 Å². The van der Waals surface area contributed by atoms with Crippen molar-refractivity contribution in [3.8, 4) is 28.4 Å². The highest BCUT2D eigenvalue weighted by atomic mass is 19.1. The van der Waals surface area contributed by atoms with Crippen LogP contribution >= 0.6 is 0 Å². The Morgan fingerprint density at radius 3 is 2.83 bits per heavy atom. The van der Waals surface area contributed by atoms with Crippen LogP contribution in [0.15, 0.2) is 36.4 Å². The summed E-state index contributed by atoms with van der Waals surface area (Å²) in [6.45, 7) is 4.59. The first-order valence-corrected chi connectivity index (χ1v) is 7.67. The summed E-state index contributed by atoms with van der Waals surface area (Å²) in [6.07, 6.45) is -0.261. The van der Waals surface area contributed by atoms with Crippen molar-refractivity contribution in [1.82, 2.24) is 0 Å². The Labute approximate surface area is 135 Å². The number of benzene rings is 2. The van der Waals surface area contributed by atoms with E-state index < -0.39 is 0 Å². The third kappa shape index (κ3) is 3.24. The molecule has 0 saturated carbocycles. The zero-order valence-electron chi connectivity index (χ0n) is 13.2. The predicted octanol–water partition coefficient (Wildman–Crippen LogP) is 3.38. The summed E-state index contributed by atoms with van der Waals surface area (Å²) in [5.41, 5.74) is 7.25. The van der Waals surface area contributed by atoms with Crippen molar-refractivity contribution in [2.75, 3.05) is 13.2 Å². The minimum Gasteiger partial charge on any atom is -0.490 e. The average molecular weight is 317 g/mol. The molecule has 0 saturated heterocycles. The molecule has 1 atom stereocenters. The molecule has 1 heterocycles. The number of rotatable bonds is 4. The van der Waals surface area contributed by atoms with Gasteiger partial charge in [-0.15, -0.1) is 0 Å². The molecule has 2 N–H and O–H groups in total. The van der Waals surface area contributed by atoms with Crippen molar-refractivity contribution >= 4 is 0 Å². The summed E-state index contributed by atoms with van der Waals surface area (Å²) < 4.78 is 31.1. The van der Waals surface area contributed by atoms with Gasteiger partial charge in [0.1, 0.15) is 24.3 Å². The van der Waals surface area contributed by atoms with E-state index in [-0.39, 0.29) is 18.0 Å². The number of fused-ring (bicyclic) bond motifs is 1. The SMILES string of the molecule is CC(C)Oc1cc(F)ccc1-c1cccc2c1O[C@@H](CN)CO2. The van der Waals surface area contributed by atoms with Gasteiger partial charge < -0.3 is 19.9 Å². The van der Waals surface area contributed by atoms with Gasteiger partial charge in [0.2, 0.25) is 0 Å². The van der Waals surface area contributed by atoms with Gasteiger partial charge in [-0.1, -0.05) is 12.1 Å². The van der Waals surface area contributed by atoms with E-state index in [1.54, 1.807) is 6.07 Å². The molecule has 0 aromatic heterocycles. The first kappa shape index (κ1) is 15.6. The number of nitrogens with two attached hydrogens (primary N) is 1. The fourth-order valence-electron chi connectivity index (χ4n) is 2.53. The van der Waals surface area contributed by atoms with Crippen LogP contribution in [0.2, 0.25) is 0 Å². The minimum atomic E-state index is -0.341. The molecule has 0 aliphatic carbocycles. The molecule has 4 nitrogen and oxygen atoms in total. The summed E-state index contributed by atoms with van der Waals surface area (Å²) in [5.74, 6) is 1.42. The van der Waals surface area contributed by atoms with Gasteiger partial charge in [-0.05, 0) is 32.0 Å². The smallest absolute Gasteiger partial charge is 0.169 e. The molecule has 0 radical (unpaired) electrons. The van der Waals surface area contributed by atoms with Crippen LogP contribution in [0.3, 0.4) is 0 Å². The number of hydrogen-bond acceptors (Lipinski definition) is 4. The molecule has 0 fully saturated rings. The first-order chi connectivity index (χ1) is 11.1. The van der Waals surface area contributed by atoms with Gasteiger partial charge in [0.25, 0.3) is 0 Å². The van der Waals surface area contributed by atoms with E-state index >= 15 is 0 Å². The molecule has 0 unspecified atom stereocenters. The van der Waals surface area contributed by atoms with Gasteiger partial charge in [-0.25, -0.2) is 4.39 Å². The van der Waals surface area contributed by atoms with Crippen LogP contribution in [0.5, 0.6) is 17.2 Å². The maximum Gasteiger partial charge on any atom is 0.169 e. The van der Waals surface area contributed by atoms with Gasteiger partial charge in [-0.2, -0.15) is 0 Å². The fourth-order valence-corrected chi connectivity index (χ4v) is 2.53. The topological polar surface area (TPSA) is 53.7 Å². The molecule has 23 heavy (non-hydrogen) atoms. The molecule has 1 aliphatic heterocycles. The van der Waals surface area contributed by atoms with Gasteiger partial charge in [-0.3, -0.25) is 0 Å².